The zero-order chi connectivity index (χ0) is 14.4. The lowest BCUT2D eigenvalue weighted by molar-refractivity contribution is -0.135. The van der Waals surface area contributed by atoms with Gasteiger partial charge in [-0.1, -0.05) is 12.1 Å². The maximum absolute atomic E-state index is 11.4. The van der Waals surface area contributed by atoms with Crippen LogP contribution >= 0.6 is 0 Å². The first-order valence-corrected chi connectivity index (χ1v) is 5.17. The van der Waals surface area contributed by atoms with Crippen LogP contribution in [0.3, 0.4) is 0 Å². The molecule has 0 fully saturated rings. The van der Waals surface area contributed by atoms with Crippen LogP contribution in [0.2, 0.25) is 0 Å². The van der Waals surface area contributed by atoms with Crippen LogP contribution in [0.1, 0.15) is 5.56 Å². The van der Waals surface area contributed by atoms with Gasteiger partial charge in [-0.25, -0.2) is 4.79 Å². The third-order valence-electron chi connectivity index (χ3n) is 2.16. The van der Waals surface area contributed by atoms with E-state index in [4.69, 9.17) is 14.9 Å². The number of rotatable bonds is 5. The average molecular weight is 264 g/mol. The van der Waals surface area contributed by atoms with Gasteiger partial charge in [0.05, 0.1) is 12.7 Å². The molecule has 0 bridgehead atoms. The molecule has 0 aliphatic rings. The van der Waals surface area contributed by atoms with E-state index in [2.05, 4.69) is 0 Å². The second-order valence-corrected chi connectivity index (χ2v) is 3.47. The van der Waals surface area contributed by atoms with Crippen LogP contribution in [0.4, 0.5) is 0 Å². The second-order valence-electron chi connectivity index (χ2n) is 3.47. The number of allylic oxidation sites excluding steroid dienone is 2. The van der Waals surface area contributed by atoms with Gasteiger partial charge >= 0.3 is 5.97 Å². The van der Waals surface area contributed by atoms with Gasteiger partial charge in [-0.2, -0.15) is 0 Å². The smallest absolute Gasteiger partial charge is 0.371 e. The number of benzene rings is 1. The molecule has 0 aliphatic heterocycles. The lowest BCUT2D eigenvalue weighted by Gasteiger charge is -2.06. The van der Waals surface area contributed by atoms with Crippen molar-refractivity contribution < 1.29 is 29.6 Å². The summed E-state index contributed by atoms with van der Waals surface area (Å²) in [5.74, 6) is -3.62. The van der Waals surface area contributed by atoms with Gasteiger partial charge in [0.15, 0.2) is 5.78 Å². The van der Waals surface area contributed by atoms with E-state index >= 15 is 0 Å². The molecule has 0 saturated heterocycles. The van der Waals surface area contributed by atoms with Crippen molar-refractivity contribution in [2.75, 3.05) is 7.11 Å². The predicted molar refractivity (Wildman–Crippen MR) is 67.0 cm³/mol. The lowest BCUT2D eigenvalue weighted by Crippen LogP contribution is -2.02. The highest BCUT2D eigenvalue weighted by Crippen LogP contribution is 2.23. The summed E-state index contributed by atoms with van der Waals surface area (Å²) in [6, 6.07) is 6.44. The molecule has 0 amide bonds. The first-order chi connectivity index (χ1) is 8.95. The zero-order valence-corrected chi connectivity index (χ0v) is 10.0. The number of aliphatic hydroxyl groups is 2. The summed E-state index contributed by atoms with van der Waals surface area (Å²) in [4.78, 5) is 21.7. The van der Waals surface area contributed by atoms with Crippen molar-refractivity contribution in [3.8, 4) is 5.75 Å². The maximum atomic E-state index is 11.4. The van der Waals surface area contributed by atoms with E-state index in [1.165, 1.54) is 13.2 Å². The fourth-order valence-corrected chi connectivity index (χ4v) is 1.31. The molecule has 6 nitrogen and oxygen atoms in total. The molecule has 0 radical (unpaired) electrons. The fraction of sp³-hybridized carbons (Fsp3) is 0.0769. The van der Waals surface area contributed by atoms with Crippen molar-refractivity contribution in [1.82, 2.24) is 0 Å². The van der Waals surface area contributed by atoms with Crippen LogP contribution in [0.15, 0.2) is 42.2 Å². The van der Waals surface area contributed by atoms with Crippen molar-refractivity contribution in [1.29, 1.82) is 0 Å². The Morgan fingerprint density at radius 1 is 1.11 bits per heavy atom. The zero-order valence-electron chi connectivity index (χ0n) is 10.0. The number of ether oxygens (including phenoxy) is 1. The Morgan fingerprint density at radius 3 is 2.32 bits per heavy atom. The van der Waals surface area contributed by atoms with E-state index in [1.54, 1.807) is 18.2 Å². The van der Waals surface area contributed by atoms with E-state index in [0.717, 1.165) is 6.08 Å². The summed E-state index contributed by atoms with van der Waals surface area (Å²) >= 11 is 0. The SMILES string of the molecule is COc1ccccc1/C(O)=C/C(=O)/C=C(\O)C(=O)O. The number of hydrogen-bond acceptors (Lipinski definition) is 5. The van der Waals surface area contributed by atoms with Gasteiger partial charge in [-0.3, -0.25) is 4.79 Å². The summed E-state index contributed by atoms with van der Waals surface area (Å²) in [6.45, 7) is 0. The molecular formula is C13H12O6. The molecule has 0 aromatic heterocycles. The predicted octanol–water partition coefficient (Wildman–Crippen LogP) is 1.69. The molecule has 1 aromatic carbocycles. The Balaban J connectivity index is 3.03. The number of carboxylic acid groups (broad SMARTS) is 1. The Kier molecular flexibility index (Phi) is 4.70. The van der Waals surface area contributed by atoms with E-state index in [-0.39, 0.29) is 5.56 Å². The van der Waals surface area contributed by atoms with Crippen LogP contribution < -0.4 is 4.74 Å². The number of aliphatic hydroxyl groups excluding tert-OH is 2. The summed E-state index contributed by atoms with van der Waals surface area (Å²) < 4.78 is 5.00. The summed E-state index contributed by atoms with van der Waals surface area (Å²) in [7, 11) is 1.41. The monoisotopic (exact) mass is 264 g/mol. The number of carboxylic acids is 1. The first kappa shape index (κ1) is 14.3. The molecule has 0 atom stereocenters. The third kappa shape index (κ3) is 3.88. The van der Waals surface area contributed by atoms with Crippen LogP contribution in [0.5, 0.6) is 5.75 Å². The van der Waals surface area contributed by atoms with Crippen LogP contribution in [0, 0.1) is 0 Å². The highest BCUT2D eigenvalue weighted by atomic mass is 16.5. The molecule has 19 heavy (non-hydrogen) atoms. The van der Waals surface area contributed by atoms with Crippen molar-refractivity contribution in [3.05, 3.63) is 47.7 Å². The molecule has 3 N–H and O–H groups in total. The summed E-state index contributed by atoms with van der Waals surface area (Å²) in [5.41, 5.74) is 0.279. The molecule has 0 heterocycles. The average Bonchev–Trinajstić information content (AvgIpc) is 2.38. The number of hydrogen-bond donors (Lipinski definition) is 3. The Hall–Kier alpha value is -2.76. The van der Waals surface area contributed by atoms with Gasteiger partial charge in [-0.15, -0.1) is 0 Å². The number of para-hydroxylation sites is 1. The normalized spacial score (nSPS) is 12.1. The Labute approximate surface area is 108 Å². The number of carbonyl (C=O) groups is 2. The van der Waals surface area contributed by atoms with Gasteiger partial charge in [0.1, 0.15) is 11.5 Å². The molecule has 0 aliphatic carbocycles. The van der Waals surface area contributed by atoms with E-state index in [1.807, 2.05) is 0 Å². The van der Waals surface area contributed by atoms with Crippen molar-refractivity contribution >= 4 is 17.5 Å². The van der Waals surface area contributed by atoms with Gasteiger partial charge < -0.3 is 20.1 Å². The minimum absolute atomic E-state index is 0.279. The molecular weight excluding hydrogens is 252 g/mol. The summed E-state index contributed by atoms with van der Waals surface area (Å²) in [5, 5.41) is 27.0. The molecule has 6 heteroatoms. The number of carbonyl (C=O) groups excluding carboxylic acids is 1. The quantitative estimate of drug-likeness (QED) is 0.552. The van der Waals surface area contributed by atoms with Crippen molar-refractivity contribution in [2.24, 2.45) is 0 Å². The van der Waals surface area contributed by atoms with Gasteiger partial charge in [0.25, 0.3) is 0 Å². The molecule has 0 unspecified atom stereocenters. The second kappa shape index (κ2) is 6.25. The topological polar surface area (TPSA) is 104 Å². The largest absolute Gasteiger partial charge is 0.507 e. The Morgan fingerprint density at radius 2 is 1.74 bits per heavy atom. The number of methoxy groups -OCH3 is 1. The highest BCUT2D eigenvalue weighted by molar-refractivity contribution is 6.06. The van der Waals surface area contributed by atoms with E-state index in [0.29, 0.717) is 11.8 Å². The first-order valence-electron chi connectivity index (χ1n) is 5.17. The molecule has 1 aromatic rings. The van der Waals surface area contributed by atoms with Crippen molar-refractivity contribution in [2.45, 2.75) is 0 Å². The maximum Gasteiger partial charge on any atom is 0.371 e. The van der Waals surface area contributed by atoms with Gasteiger partial charge in [0, 0.05) is 12.2 Å². The number of ketones is 1. The van der Waals surface area contributed by atoms with Gasteiger partial charge in [-0.05, 0) is 12.1 Å². The van der Waals surface area contributed by atoms with E-state index < -0.39 is 23.3 Å². The lowest BCUT2D eigenvalue weighted by atomic mass is 10.1. The third-order valence-corrected chi connectivity index (χ3v) is 2.16. The minimum atomic E-state index is -1.63. The van der Waals surface area contributed by atoms with Crippen LogP contribution in [0.25, 0.3) is 5.76 Å². The molecule has 0 spiro atoms. The van der Waals surface area contributed by atoms with Crippen LogP contribution in [-0.2, 0) is 9.59 Å². The number of aliphatic carboxylic acids is 1. The Bertz CT molecular complexity index is 556. The fourth-order valence-electron chi connectivity index (χ4n) is 1.31. The molecule has 1 rings (SSSR count). The van der Waals surface area contributed by atoms with Crippen LogP contribution in [-0.4, -0.2) is 34.2 Å². The van der Waals surface area contributed by atoms with Crippen molar-refractivity contribution in [3.63, 3.8) is 0 Å². The van der Waals surface area contributed by atoms with Gasteiger partial charge in [0.2, 0.25) is 5.76 Å². The van der Waals surface area contributed by atoms with E-state index in [9.17, 15) is 14.7 Å². The molecule has 0 saturated carbocycles. The minimum Gasteiger partial charge on any atom is -0.507 e. The summed E-state index contributed by atoms with van der Waals surface area (Å²) in [6.07, 6.45) is 1.28. The standard InChI is InChI=1S/C13H12O6/c1-19-12-5-3-2-4-9(12)10(15)6-8(14)7-11(16)13(17)18/h2-7,15-16H,1H3,(H,17,18)/b10-6-,11-7-. The highest BCUT2D eigenvalue weighted by Gasteiger charge is 2.10. The molecule has 100 valence electrons.